The fraction of sp³-hybridized carbons (Fsp3) is 0.462. The van der Waals surface area contributed by atoms with Crippen molar-refractivity contribution in [3.63, 3.8) is 0 Å². The van der Waals surface area contributed by atoms with Crippen LogP contribution in [0.2, 0.25) is 0 Å². The van der Waals surface area contributed by atoms with Gasteiger partial charge in [-0.3, -0.25) is 4.79 Å². The maximum absolute atomic E-state index is 10.8. The summed E-state index contributed by atoms with van der Waals surface area (Å²) in [6, 6.07) is 5.40. The topological polar surface area (TPSA) is 57.5 Å². The van der Waals surface area contributed by atoms with Gasteiger partial charge in [0.2, 0.25) is 0 Å². The van der Waals surface area contributed by atoms with E-state index < -0.39 is 5.97 Å². The third-order valence-corrected chi connectivity index (χ3v) is 3.23. The van der Waals surface area contributed by atoms with Gasteiger partial charge in [-0.05, 0) is 48.8 Å². The third-order valence-electron chi connectivity index (χ3n) is 3.23. The summed E-state index contributed by atoms with van der Waals surface area (Å²) in [5, 5.41) is 18.3. The minimum atomic E-state index is -0.748. The molecule has 0 spiro atoms. The van der Waals surface area contributed by atoms with Crippen LogP contribution in [0.3, 0.4) is 0 Å². The number of carboxylic acid groups (broad SMARTS) is 1. The van der Waals surface area contributed by atoms with E-state index in [4.69, 9.17) is 5.11 Å². The Morgan fingerprint density at radius 1 is 1.50 bits per heavy atom. The van der Waals surface area contributed by atoms with E-state index in [0.717, 1.165) is 24.0 Å². The van der Waals surface area contributed by atoms with Crippen molar-refractivity contribution in [2.75, 3.05) is 0 Å². The summed E-state index contributed by atoms with van der Waals surface area (Å²) in [6.45, 7) is 1.84. The Hall–Kier alpha value is -1.51. The van der Waals surface area contributed by atoms with E-state index in [1.54, 1.807) is 6.07 Å². The number of phenolic OH excluding ortho intramolecular Hbond substituents is 1. The largest absolute Gasteiger partial charge is 0.508 e. The van der Waals surface area contributed by atoms with Crippen molar-refractivity contribution in [3.05, 3.63) is 29.3 Å². The van der Waals surface area contributed by atoms with E-state index in [1.165, 1.54) is 0 Å². The molecule has 3 heteroatoms. The average Bonchev–Trinajstić information content (AvgIpc) is 3.02. The fourth-order valence-electron chi connectivity index (χ4n) is 2.15. The molecule has 1 aromatic rings. The Labute approximate surface area is 94.7 Å². The van der Waals surface area contributed by atoms with E-state index in [1.807, 2.05) is 19.1 Å². The van der Waals surface area contributed by atoms with Crippen LogP contribution in [0, 0.1) is 12.8 Å². The van der Waals surface area contributed by atoms with Gasteiger partial charge in [-0.2, -0.15) is 0 Å². The monoisotopic (exact) mass is 220 g/mol. The molecule has 1 saturated carbocycles. The van der Waals surface area contributed by atoms with Gasteiger partial charge in [-0.15, -0.1) is 0 Å². The van der Waals surface area contributed by atoms with E-state index in [0.29, 0.717) is 5.92 Å². The maximum atomic E-state index is 10.8. The number of hydrogen-bond donors (Lipinski definition) is 2. The minimum Gasteiger partial charge on any atom is -0.508 e. The molecule has 2 N–H and O–H groups in total. The maximum Gasteiger partial charge on any atom is 0.303 e. The molecule has 1 unspecified atom stereocenters. The zero-order chi connectivity index (χ0) is 11.7. The second kappa shape index (κ2) is 4.16. The number of carboxylic acids is 1. The van der Waals surface area contributed by atoms with Crippen LogP contribution < -0.4 is 0 Å². The highest BCUT2D eigenvalue weighted by atomic mass is 16.4. The van der Waals surface area contributed by atoms with Gasteiger partial charge in [-0.25, -0.2) is 0 Å². The molecule has 3 nitrogen and oxygen atoms in total. The summed E-state index contributed by atoms with van der Waals surface area (Å²) in [5.41, 5.74) is 1.86. The lowest BCUT2D eigenvalue weighted by Gasteiger charge is -2.15. The summed E-state index contributed by atoms with van der Waals surface area (Å²) in [5.74, 6) is 0.146. The molecule has 0 aliphatic heterocycles. The number of carbonyl (C=O) groups is 1. The SMILES string of the molecule is Cc1cc(C(CC(=O)O)C2CC2)ccc1O. The number of hydrogen-bond acceptors (Lipinski definition) is 2. The van der Waals surface area contributed by atoms with Gasteiger partial charge in [0.15, 0.2) is 0 Å². The van der Waals surface area contributed by atoms with Crippen molar-refractivity contribution in [1.82, 2.24) is 0 Å². The van der Waals surface area contributed by atoms with E-state index >= 15 is 0 Å². The molecule has 0 saturated heterocycles. The van der Waals surface area contributed by atoms with Crippen LogP contribution in [0.25, 0.3) is 0 Å². The first-order valence-electron chi connectivity index (χ1n) is 5.59. The fourth-order valence-corrected chi connectivity index (χ4v) is 2.15. The van der Waals surface area contributed by atoms with Crippen molar-refractivity contribution in [1.29, 1.82) is 0 Å². The molecule has 0 aromatic heterocycles. The molecule has 86 valence electrons. The molecule has 0 radical (unpaired) electrons. The molecule has 1 aromatic carbocycles. The third kappa shape index (κ3) is 2.35. The van der Waals surface area contributed by atoms with Gasteiger partial charge in [0, 0.05) is 0 Å². The van der Waals surface area contributed by atoms with Crippen molar-refractivity contribution < 1.29 is 15.0 Å². The summed E-state index contributed by atoms with van der Waals surface area (Å²) >= 11 is 0. The zero-order valence-corrected chi connectivity index (χ0v) is 9.31. The highest BCUT2D eigenvalue weighted by molar-refractivity contribution is 5.68. The molecule has 1 aliphatic rings. The molecule has 0 bridgehead atoms. The molecular weight excluding hydrogens is 204 g/mol. The van der Waals surface area contributed by atoms with Crippen LogP contribution in [0.5, 0.6) is 5.75 Å². The lowest BCUT2D eigenvalue weighted by Crippen LogP contribution is -2.08. The smallest absolute Gasteiger partial charge is 0.303 e. The standard InChI is InChI=1S/C13H16O3/c1-8-6-10(4-5-12(8)14)11(7-13(15)16)9-2-3-9/h4-6,9,11,14H,2-3,7H2,1H3,(H,15,16). The summed E-state index contributed by atoms with van der Waals surface area (Å²) < 4.78 is 0. The molecular formula is C13H16O3. The Balaban J connectivity index is 2.24. The molecule has 1 fully saturated rings. The van der Waals surface area contributed by atoms with Crippen molar-refractivity contribution in [2.45, 2.75) is 32.1 Å². The molecule has 0 heterocycles. The second-order valence-corrected chi connectivity index (χ2v) is 4.59. The normalized spacial score (nSPS) is 17.1. The van der Waals surface area contributed by atoms with Gasteiger partial charge in [0.25, 0.3) is 0 Å². The Morgan fingerprint density at radius 2 is 2.19 bits per heavy atom. The molecule has 2 rings (SSSR count). The number of aromatic hydroxyl groups is 1. The summed E-state index contributed by atoms with van der Waals surface area (Å²) in [7, 11) is 0. The lowest BCUT2D eigenvalue weighted by atomic mass is 9.90. The number of aryl methyl sites for hydroxylation is 1. The first-order valence-corrected chi connectivity index (χ1v) is 5.59. The molecule has 16 heavy (non-hydrogen) atoms. The summed E-state index contributed by atoms with van der Waals surface area (Å²) in [4.78, 5) is 10.8. The van der Waals surface area contributed by atoms with Crippen molar-refractivity contribution >= 4 is 5.97 Å². The molecule has 0 amide bonds. The van der Waals surface area contributed by atoms with Crippen molar-refractivity contribution in [3.8, 4) is 5.75 Å². The summed E-state index contributed by atoms with van der Waals surface area (Å²) in [6.07, 6.45) is 2.44. The molecule has 1 atom stereocenters. The van der Waals surface area contributed by atoms with Crippen molar-refractivity contribution in [2.24, 2.45) is 5.92 Å². The lowest BCUT2D eigenvalue weighted by molar-refractivity contribution is -0.137. The van der Waals surface area contributed by atoms with Crippen LogP contribution >= 0.6 is 0 Å². The van der Waals surface area contributed by atoms with Gasteiger partial charge < -0.3 is 10.2 Å². The van der Waals surface area contributed by atoms with E-state index in [2.05, 4.69) is 0 Å². The van der Waals surface area contributed by atoms with Crippen LogP contribution in [0.1, 0.15) is 36.3 Å². The Bertz CT molecular complexity index is 408. The quantitative estimate of drug-likeness (QED) is 0.820. The molecule has 1 aliphatic carbocycles. The predicted octanol–water partition coefficient (Wildman–Crippen LogP) is 2.67. The van der Waals surface area contributed by atoms with E-state index in [-0.39, 0.29) is 18.1 Å². The van der Waals surface area contributed by atoms with Crippen LogP contribution in [0.15, 0.2) is 18.2 Å². The minimum absolute atomic E-state index is 0.108. The highest BCUT2D eigenvalue weighted by Gasteiger charge is 2.33. The Kier molecular flexibility index (Phi) is 2.86. The van der Waals surface area contributed by atoms with Gasteiger partial charge in [0.05, 0.1) is 6.42 Å². The van der Waals surface area contributed by atoms with Gasteiger partial charge >= 0.3 is 5.97 Å². The van der Waals surface area contributed by atoms with Crippen LogP contribution in [-0.2, 0) is 4.79 Å². The van der Waals surface area contributed by atoms with Crippen LogP contribution in [-0.4, -0.2) is 16.2 Å². The number of rotatable bonds is 4. The van der Waals surface area contributed by atoms with E-state index in [9.17, 15) is 9.90 Å². The highest BCUT2D eigenvalue weighted by Crippen LogP contribution is 2.45. The van der Waals surface area contributed by atoms with Crippen LogP contribution in [0.4, 0.5) is 0 Å². The Morgan fingerprint density at radius 3 is 2.69 bits per heavy atom. The number of benzene rings is 1. The number of phenols is 1. The first-order chi connectivity index (χ1) is 7.58. The van der Waals surface area contributed by atoms with Gasteiger partial charge in [0.1, 0.15) is 5.75 Å². The first kappa shape index (κ1) is 11.0. The average molecular weight is 220 g/mol. The number of aliphatic carboxylic acids is 1. The second-order valence-electron chi connectivity index (χ2n) is 4.59. The van der Waals surface area contributed by atoms with Gasteiger partial charge in [-0.1, -0.05) is 12.1 Å². The zero-order valence-electron chi connectivity index (χ0n) is 9.31. The predicted molar refractivity (Wildman–Crippen MR) is 60.6 cm³/mol.